The molecule has 4 rings (SSSR count). The second-order valence-corrected chi connectivity index (χ2v) is 7.70. The van der Waals surface area contributed by atoms with E-state index >= 15 is 0 Å². The van der Waals surface area contributed by atoms with Gasteiger partial charge in [-0.25, -0.2) is 0 Å². The number of aromatic nitrogens is 3. The van der Waals surface area contributed by atoms with Gasteiger partial charge in [0.05, 0.1) is 6.61 Å². The summed E-state index contributed by atoms with van der Waals surface area (Å²) in [5.74, 6) is 2.51. The number of carbonyl (C=O) groups excluding carboxylic acids is 1. The van der Waals surface area contributed by atoms with Crippen LogP contribution in [0.4, 0.5) is 5.82 Å². The Morgan fingerprint density at radius 2 is 1.58 bits per heavy atom. The summed E-state index contributed by atoms with van der Waals surface area (Å²) >= 11 is 0. The summed E-state index contributed by atoms with van der Waals surface area (Å²) in [4.78, 5) is 16.9. The maximum Gasteiger partial charge on any atom is 0.253 e. The van der Waals surface area contributed by atoms with E-state index in [0.29, 0.717) is 18.7 Å². The fourth-order valence-electron chi connectivity index (χ4n) is 3.67. The Morgan fingerprint density at radius 1 is 0.903 bits per heavy atom. The van der Waals surface area contributed by atoms with Gasteiger partial charge in [0.1, 0.15) is 5.75 Å². The number of nitrogens with zero attached hydrogens (tertiary/aromatic N) is 5. The molecule has 1 aliphatic heterocycles. The molecule has 3 aromatic rings. The number of benzene rings is 1. The number of anilines is 1. The van der Waals surface area contributed by atoms with E-state index in [-0.39, 0.29) is 5.91 Å². The number of hydrogen-bond acceptors (Lipinski definition) is 5. The lowest BCUT2D eigenvalue weighted by atomic mass is 10.1. The zero-order valence-corrected chi connectivity index (χ0v) is 18.0. The molecule has 3 heterocycles. The number of rotatable bonds is 8. The summed E-state index contributed by atoms with van der Waals surface area (Å²) in [6, 6.07) is 15.4. The number of carbonyl (C=O) groups is 1. The van der Waals surface area contributed by atoms with E-state index in [1.165, 1.54) is 12.8 Å². The van der Waals surface area contributed by atoms with Gasteiger partial charge in [0.25, 0.3) is 5.91 Å². The standard InChI is InChI=1S/C24H29N5O2/c1-2-3-6-19-31-21-9-7-20(8-10-21)24(30)29-17-15-28(16-18-29)23-12-11-22(25-26-23)27-13-4-5-14-27/h4-5,7-14H,2-3,6,15-19H2,1H3. The first-order valence-electron chi connectivity index (χ1n) is 11.0. The first-order valence-corrected chi connectivity index (χ1v) is 11.0. The zero-order chi connectivity index (χ0) is 21.5. The van der Waals surface area contributed by atoms with E-state index in [0.717, 1.165) is 43.5 Å². The lowest BCUT2D eigenvalue weighted by molar-refractivity contribution is 0.0746. The van der Waals surface area contributed by atoms with Crippen LogP contribution in [0.25, 0.3) is 5.82 Å². The molecule has 31 heavy (non-hydrogen) atoms. The van der Waals surface area contributed by atoms with Crippen LogP contribution in [0.3, 0.4) is 0 Å². The van der Waals surface area contributed by atoms with Crippen molar-refractivity contribution in [3.05, 3.63) is 66.5 Å². The summed E-state index contributed by atoms with van der Waals surface area (Å²) in [7, 11) is 0. The van der Waals surface area contributed by atoms with Gasteiger partial charge >= 0.3 is 0 Å². The van der Waals surface area contributed by atoms with Crippen LogP contribution >= 0.6 is 0 Å². The smallest absolute Gasteiger partial charge is 0.253 e. The van der Waals surface area contributed by atoms with Crippen molar-refractivity contribution in [2.24, 2.45) is 0 Å². The number of unbranched alkanes of at least 4 members (excludes halogenated alkanes) is 2. The second kappa shape index (κ2) is 10.1. The molecule has 1 amide bonds. The molecule has 1 aromatic carbocycles. The van der Waals surface area contributed by atoms with Crippen LogP contribution < -0.4 is 9.64 Å². The van der Waals surface area contributed by atoms with Crippen molar-refractivity contribution in [1.82, 2.24) is 19.7 Å². The maximum absolute atomic E-state index is 12.9. The molecule has 0 saturated carbocycles. The van der Waals surface area contributed by atoms with Crippen molar-refractivity contribution in [2.45, 2.75) is 26.2 Å². The second-order valence-electron chi connectivity index (χ2n) is 7.70. The monoisotopic (exact) mass is 419 g/mol. The normalized spacial score (nSPS) is 14.0. The minimum Gasteiger partial charge on any atom is -0.494 e. The largest absolute Gasteiger partial charge is 0.494 e. The molecule has 0 aliphatic carbocycles. The molecule has 7 nitrogen and oxygen atoms in total. The molecule has 162 valence electrons. The highest BCUT2D eigenvalue weighted by atomic mass is 16.5. The van der Waals surface area contributed by atoms with Crippen molar-refractivity contribution >= 4 is 11.7 Å². The third-order valence-electron chi connectivity index (χ3n) is 5.51. The summed E-state index contributed by atoms with van der Waals surface area (Å²) in [5.41, 5.74) is 0.699. The minimum absolute atomic E-state index is 0.0613. The van der Waals surface area contributed by atoms with E-state index < -0.39 is 0 Å². The SMILES string of the molecule is CCCCCOc1ccc(C(=O)N2CCN(c3ccc(-n4cccc4)nn3)CC2)cc1. The Hall–Kier alpha value is -3.35. The van der Waals surface area contributed by atoms with Crippen molar-refractivity contribution in [3.63, 3.8) is 0 Å². The molecular weight excluding hydrogens is 390 g/mol. The fraction of sp³-hybridized carbons (Fsp3) is 0.375. The van der Waals surface area contributed by atoms with Gasteiger partial charge < -0.3 is 19.1 Å². The lowest BCUT2D eigenvalue weighted by Gasteiger charge is -2.35. The molecule has 0 atom stereocenters. The molecule has 0 unspecified atom stereocenters. The van der Waals surface area contributed by atoms with Gasteiger partial charge in [-0.05, 0) is 55.0 Å². The molecule has 1 aliphatic rings. The quantitative estimate of drug-likeness (QED) is 0.520. The Balaban J connectivity index is 1.28. The highest BCUT2D eigenvalue weighted by molar-refractivity contribution is 5.94. The van der Waals surface area contributed by atoms with E-state index in [1.807, 2.05) is 70.4 Å². The third kappa shape index (κ3) is 5.23. The van der Waals surface area contributed by atoms with Gasteiger partial charge in [-0.15, -0.1) is 10.2 Å². The first kappa shape index (κ1) is 20.9. The average molecular weight is 420 g/mol. The molecule has 0 N–H and O–H groups in total. The summed E-state index contributed by atoms with van der Waals surface area (Å²) < 4.78 is 7.66. The number of hydrogen-bond donors (Lipinski definition) is 0. The molecule has 0 bridgehead atoms. The number of amides is 1. The summed E-state index contributed by atoms with van der Waals surface area (Å²) in [5, 5.41) is 8.69. The third-order valence-corrected chi connectivity index (χ3v) is 5.51. The zero-order valence-electron chi connectivity index (χ0n) is 18.0. The lowest BCUT2D eigenvalue weighted by Crippen LogP contribution is -2.49. The van der Waals surface area contributed by atoms with Gasteiger partial charge in [-0.2, -0.15) is 0 Å². The van der Waals surface area contributed by atoms with Crippen LogP contribution in [0.2, 0.25) is 0 Å². The van der Waals surface area contributed by atoms with Crippen LogP contribution in [0, 0.1) is 0 Å². The Kier molecular flexibility index (Phi) is 6.82. The van der Waals surface area contributed by atoms with E-state index in [1.54, 1.807) is 0 Å². The predicted octanol–water partition coefficient (Wildman–Crippen LogP) is 3.80. The van der Waals surface area contributed by atoms with Crippen LogP contribution in [-0.2, 0) is 0 Å². The molecule has 2 aromatic heterocycles. The van der Waals surface area contributed by atoms with Gasteiger partial charge in [-0.3, -0.25) is 4.79 Å². The number of ether oxygens (including phenoxy) is 1. The molecule has 1 fully saturated rings. The van der Waals surface area contributed by atoms with Crippen LogP contribution in [0.5, 0.6) is 5.75 Å². The Bertz CT molecular complexity index is 947. The Morgan fingerprint density at radius 3 is 2.23 bits per heavy atom. The van der Waals surface area contributed by atoms with E-state index in [9.17, 15) is 4.79 Å². The van der Waals surface area contributed by atoms with Crippen molar-refractivity contribution in [1.29, 1.82) is 0 Å². The average Bonchev–Trinajstić information content (AvgIpc) is 3.37. The maximum atomic E-state index is 12.9. The van der Waals surface area contributed by atoms with Crippen molar-refractivity contribution < 1.29 is 9.53 Å². The molecular formula is C24H29N5O2. The molecule has 7 heteroatoms. The summed E-state index contributed by atoms with van der Waals surface area (Å²) in [6.45, 7) is 5.70. The highest BCUT2D eigenvalue weighted by Crippen LogP contribution is 2.18. The van der Waals surface area contributed by atoms with Gasteiger partial charge in [0, 0.05) is 44.1 Å². The van der Waals surface area contributed by atoms with Crippen molar-refractivity contribution in [3.8, 4) is 11.6 Å². The van der Waals surface area contributed by atoms with Crippen LogP contribution in [0.15, 0.2) is 60.9 Å². The topological polar surface area (TPSA) is 63.5 Å². The van der Waals surface area contributed by atoms with Gasteiger partial charge in [0.15, 0.2) is 11.6 Å². The van der Waals surface area contributed by atoms with E-state index in [2.05, 4.69) is 22.0 Å². The minimum atomic E-state index is 0.0613. The first-order chi connectivity index (χ1) is 15.2. The van der Waals surface area contributed by atoms with Gasteiger partial charge in [0.2, 0.25) is 0 Å². The van der Waals surface area contributed by atoms with Gasteiger partial charge in [-0.1, -0.05) is 19.8 Å². The predicted molar refractivity (Wildman–Crippen MR) is 121 cm³/mol. The highest BCUT2D eigenvalue weighted by Gasteiger charge is 2.23. The van der Waals surface area contributed by atoms with E-state index in [4.69, 9.17) is 4.74 Å². The molecule has 0 radical (unpaired) electrons. The Labute approximate surface area is 183 Å². The molecule has 0 spiro atoms. The molecule has 1 saturated heterocycles. The van der Waals surface area contributed by atoms with Crippen LogP contribution in [-0.4, -0.2) is 58.4 Å². The number of piperazine rings is 1. The summed E-state index contributed by atoms with van der Waals surface area (Å²) in [6.07, 6.45) is 7.29. The van der Waals surface area contributed by atoms with Crippen molar-refractivity contribution in [2.75, 3.05) is 37.7 Å². The van der Waals surface area contributed by atoms with Crippen LogP contribution in [0.1, 0.15) is 36.5 Å². The fourth-order valence-corrected chi connectivity index (χ4v) is 3.67.